The van der Waals surface area contributed by atoms with E-state index in [0.717, 1.165) is 25.6 Å². The Bertz CT molecular complexity index is 642. The highest BCUT2D eigenvalue weighted by atomic mass is 127. The van der Waals surface area contributed by atoms with Crippen LogP contribution in [0.4, 0.5) is 0 Å². The molecule has 0 saturated carbocycles. The van der Waals surface area contributed by atoms with E-state index >= 15 is 0 Å². The zero-order valence-corrected chi connectivity index (χ0v) is 19.7. The summed E-state index contributed by atoms with van der Waals surface area (Å²) >= 11 is 1.78. The molecule has 0 radical (unpaired) electrons. The van der Waals surface area contributed by atoms with Gasteiger partial charge in [0.05, 0.1) is 11.8 Å². The number of sulfone groups is 1. The van der Waals surface area contributed by atoms with Gasteiger partial charge in [-0.05, 0) is 43.3 Å². The first-order valence-corrected chi connectivity index (χ1v) is 11.7. The predicted octanol–water partition coefficient (Wildman–Crippen LogP) is 2.35. The molecule has 1 aliphatic rings. The first kappa shape index (κ1) is 23.6. The molecule has 2 N–H and O–H groups in total. The summed E-state index contributed by atoms with van der Waals surface area (Å²) in [6, 6.07) is 4.61. The van der Waals surface area contributed by atoms with E-state index in [-0.39, 0.29) is 29.7 Å². The highest BCUT2D eigenvalue weighted by molar-refractivity contribution is 14.0. The van der Waals surface area contributed by atoms with Gasteiger partial charge < -0.3 is 10.6 Å². The van der Waals surface area contributed by atoms with Crippen molar-refractivity contribution < 1.29 is 8.42 Å². The summed E-state index contributed by atoms with van der Waals surface area (Å²) in [5, 5.41) is 8.56. The number of piperidine rings is 1. The topological polar surface area (TPSA) is 73.8 Å². The van der Waals surface area contributed by atoms with Gasteiger partial charge >= 0.3 is 0 Å². The first-order valence-electron chi connectivity index (χ1n) is 8.78. The Labute approximate surface area is 178 Å². The standard InChI is InChI=1S/C17H30N4O2S2.HI/c1-14-6-9-21(10-7-14)15(16-5-4-11-24-16)13-20-17(18-2)19-8-12-25(3,22)23;/h4-5,11,14-15H,6-10,12-13H2,1-3H3,(H2,18,19,20);1H. The van der Waals surface area contributed by atoms with Crippen molar-refractivity contribution in [2.45, 2.75) is 25.8 Å². The predicted molar refractivity (Wildman–Crippen MR) is 122 cm³/mol. The largest absolute Gasteiger partial charge is 0.355 e. The van der Waals surface area contributed by atoms with Crippen molar-refractivity contribution in [3.05, 3.63) is 22.4 Å². The molecule has 1 aromatic heterocycles. The lowest BCUT2D eigenvalue weighted by atomic mass is 9.97. The van der Waals surface area contributed by atoms with Crippen molar-refractivity contribution >= 4 is 51.1 Å². The van der Waals surface area contributed by atoms with Gasteiger partial charge in [-0.2, -0.15) is 0 Å². The lowest BCUT2D eigenvalue weighted by molar-refractivity contribution is 0.140. The second-order valence-corrected chi connectivity index (χ2v) is 10.00. The monoisotopic (exact) mass is 514 g/mol. The third kappa shape index (κ3) is 8.10. The van der Waals surface area contributed by atoms with Gasteiger partial charge in [0.2, 0.25) is 0 Å². The van der Waals surface area contributed by atoms with Crippen LogP contribution in [0.15, 0.2) is 22.5 Å². The summed E-state index contributed by atoms with van der Waals surface area (Å²) in [6.07, 6.45) is 3.72. The Morgan fingerprint density at radius 3 is 2.62 bits per heavy atom. The Balaban J connectivity index is 0.00000338. The molecule has 0 aliphatic carbocycles. The number of rotatable bonds is 7. The zero-order valence-electron chi connectivity index (χ0n) is 15.8. The van der Waals surface area contributed by atoms with E-state index in [1.807, 2.05) is 0 Å². The van der Waals surface area contributed by atoms with Crippen molar-refractivity contribution in [1.82, 2.24) is 15.5 Å². The van der Waals surface area contributed by atoms with E-state index in [1.54, 1.807) is 18.4 Å². The fraction of sp³-hybridized carbons (Fsp3) is 0.706. The minimum atomic E-state index is -2.97. The maximum Gasteiger partial charge on any atom is 0.191 e. The van der Waals surface area contributed by atoms with Crippen LogP contribution in [0.25, 0.3) is 0 Å². The van der Waals surface area contributed by atoms with Crippen molar-refractivity contribution in [1.29, 1.82) is 0 Å². The van der Waals surface area contributed by atoms with Crippen LogP contribution in [0.2, 0.25) is 0 Å². The fourth-order valence-corrected chi connectivity index (χ4v) is 4.33. The number of halogens is 1. The average Bonchev–Trinajstić information content (AvgIpc) is 3.08. The normalized spacial score (nSPS) is 18.2. The molecular weight excluding hydrogens is 483 g/mol. The molecular formula is C17H31IN4O2S2. The van der Waals surface area contributed by atoms with E-state index in [4.69, 9.17) is 0 Å². The maximum atomic E-state index is 11.3. The van der Waals surface area contributed by atoms with Crippen molar-refractivity contribution in [2.75, 3.05) is 45.2 Å². The summed E-state index contributed by atoms with van der Waals surface area (Å²) in [4.78, 5) is 8.10. The van der Waals surface area contributed by atoms with E-state index in [0.29, 0.717) is 18.5 Å². The summed E-state index contributed by atoms with van der Waals surface area (Å²) < 4.78 is 22.5. The second-order valence-electron chi connectivity index (χ2n) is 6.76. The van der Waals surface area contributed by atoms with Gasteiger partial charge in [0, 0.05) is 31.3 Å². The number of aliphatic imine (C=N–C) groups is 1. The van der Waals surface area contributed by atoms with Gasteiger partial charge in [0.1, 0.15) is 9.84 Å². The third-order valence-electron chi connectivity index (χ3n) is 4.58. The van der Waals surface area contributed by atoms with Gasteiger partial charge in [-0.1, -0.05) is 13.0 Å². The lowest BCUT2D eigenvalue weighted by Crippen LogP contribution is -2.45. The molecule has 0 amide bonds. The number of thiophene rings is 1. The Kier molecular flexibility index (Phi) is 10.4. The minimum Gasteiger partial charge on any atom is -0.355 e. The van der Waals surface area contributed by atoms with Gasteiger partial charge in [-0.25, -0.2) is 8.42 Å². The molecule has 26 heavy (non-hydrogen) atoms. The van der Waals surface area contributed by atoms with E-state index < -0.39 is 9.84 Å². The van der Waals surface area contributed by atoms with Crippen molar-refractivity contribution in [3.63, 3.8) is 0 Å². The number of nitrogens with zero attached hydrogens (tertiary/aromatic N) is 2. The Morgan fingerprint density at radius 2 is 2.08 bits per heavy atom. The molecule has 6 nitrogen and oxygen atoms in total. The molecule has 1 aliphatic heterocycles. The van der Waals surface area contributed by atoms with Gasteiger partial charge in [-0.3, -0.25) is 9.89 Å². The molecule has 2 heterocycles. The summed E-state index contributed by atoms with van der Waals surface area (Å²) in [5.74, 6) is 1.56. The molecule has 1 saturated heterocycles. The molecule has 1 atom stereocenters. The van der Waals surface area contributed by atoms with Gasteiger partial charge in [0.15, 0.2) is 5.96 Å². The number of likely N-dealkylation sites (tertiary alicyclic amines) is 1. The molecule has 1 fully saturated rings. The SMILES string of the molecule is CN=C(NCCS(C)(=O)=O)NCC(c1cccs1)N1CCC(C)CC1.I. The Morgan fingerprint density at radius 1 is 1.38 bits per heavy atom. The van der Waals surface area contributed by atoms with E-state index in [1.165, 1.54) is 24.0 Å². The molecule has 0 spiro atoms. The highest BCUT2D eigenvalue weighted by Gasteiger charge is 2.25. The number of hydrogen-bond donors (Lipinski definition) is 2. The molecule has 0 aromatic carbocycles. The van der Waals surface area contributed by atoms with Crippen molar-refractivity contribution in [3.8, 4) is 0 Å². The van der Waals surface area contributed by atoms with Crippen LogP contribution in [0.5, 0.6) is 0 Å². The maximum absolute atomic E-state index is 11.3. The summed E-state index contributed by atoms with van der Waals surface area (Å²) in [7, 11) is -1.26. The quantitative estimate of drug-likeness (QED) is 0.332. The average molecular weight is 514 g/mol. The van der Waals surface area contributed by atoms with Gasteiger partial charge in [-0.15, -0.1) is 35.3 Å². The number of guanidine groups is 1. The molecule has 2 rings (SSSR count). The lowest BCUT2D eigenvalue weighted by Gasteiger charge is -2.36. The molecule has 1 aromatic rings. The van der Waals surface area contributed by atoms with Crippen LogP contribution in [-0.2, 0) is 9.84 Å². The molecule has 150 valence electrons. The summed E-state index contributed by atoms with van der Waals surface area (Å²) in [6.45, 7) is 5.68. The number of hydrogen-bond acceptors (Lipinski definition) is 5. The molecule has 9 heteroatoms. The third-order valence-corrected chi connectivity index (χ3v) is 6.50. The van der Waals surface area contributed by atoms with Crippen molar-refractivity contribution in [2.24, 2.45) is 10.9 Å². The smallest absolute Gasteiger partial charge is 0.191 e. The highest BCUT2D eigenvalue weighted by Crippen LogP contribution is 2.28. The van der Waals surface area contributed by atoms with E-state index in [2.05, 4.69) is 45.0 Å². The van der Waals surface area contributed by atoms with E-state index in [9.17, 15) is 8.42 Å². The number of nitrogens with one attached hydrogen (secondary N) is 2. The van der Waals surface area contributed by atoms with Crippen LogP contribution < -0.4 is 10.6 Å². The zero-order chi connectivity index (χ0) is 18.3. The van der Waals surface area contributed by atoms with Crippen LogP contribution in [0.1, 0.15) is 30.7 Å². The molecule has 0 bridgehead atoms. The summed E-state index contributed by atoms with van der Waals surface area (Å²) in [5.41, 5.74) is 0. The van der Waals surface area contributed by atoms with Gasteiger partial charge in [0.25, 0.3) is 0 Å². The van der Waals surface area contributed by atoms with Crippen LogP contribution in [-0.4, -0.2) is 64.5 Å². The second kappa shape index (κ2) is 11.5. The van der Waals surface area contributed by atoms with Crippen LogP contribution in [0, 0.1) is 5.92 Å². The van der Waals surface area contributed by atoms with Crippen LogP contribution >= 0.6 is 35.3 Å². The van der Waals surface area contributed by atoms with Crippen LogP contribution in [0.3, 0.4) is 0 Å². The fourth-order valence-electron chi connectivity index (χ4n) is 3.00. The minimum absolute atomic E-state index is 0. The molecule has 1 unspecified atom stereocenters. The Hall–Kier alpha value is -0.390. The first-order chi connectivity index (χ1) is 11.9.